The fraction of sp³-hybridized carbons (Fsp3) is 0.650. The molecule has 0 spiro atoms. The summed E-state index contributed by atoms with van der Waals surface area (Å²) in [5.41, 5.74) is 2.73. The van der Waals surface area contributed by atoms with Gasteiger partial charge in [-0.15, -0.1) is 0 Å². The number of fused-ring (bicyclic) bond motifs is 1. The lowest BCUT2D eigenvalue weighted by Crippen LogP contribution is -2.50. The third kappa shape index (κ3) is 4.60. The molecule has 1 aliphatic carbocycles. The molecule has 0 aromatic heterocycles. The highest BCUT2D eigenvalue weighted by atomic mass is 16.5. The van der Waals surface area contributed by atoms with Gasteiger partial charge in [-0.25, -0.2) is 0 Å². The quantitative estimate of drug-likeness (QED) is 0.815. The first-order valence-corrected chi connectivity index (χ1v) is 9.36. The highest BCUT2D eigenvalue weighted by molar-refractivity contribution is 5.78. The molecular formula is C20H31N3O2. The van der Waals surface area contributed by atoms with Crippen molar-refractivity contribution in [1.29, 1.82) is 0 Å². The van der Waals surface area contributed by atoms with Crippen molar-refractivity contribution in [3.8, 4) is 0 Å². The second kappa shape index (κ2) is 8.30. The molecule has 2 aliphatic rings. The Morgan fingerprint density at radius 3 is 2.88 bits per heavy atom. The Kier molecular flexibility index (Phi) is 6.10. The van der Waals surface area contributed by atoms with E-state index in [-0.39, 0.29) is 18.1 Å². The number of amides is 1. The molecule has 0 bridgehead atoms. The number of benzene rings is 1. The zero-order valence-corrected chi connectivity index (χ0v) is 15.8. The summed E-state index contributed by atoms with van der Waals surface area (Å²) in [6.07, 6.45) is 3.54. The van der Waals surface area contributed by atoms with E-state index in [1.807, 2.05) is 11.9 Å². The zero-order chi connectivity index (χ0) is 17.8. The van der Waals surface area contributed by atoms with E-state index >= 15 is 0 Å². The smallest absolute Gasteiger partial charge is 0.237 e. The van der Waals surface area contributed by atoms with Gasteiger partial charge in [0.2, 0.25) is 5.91 Å². The molecule has 5 nitrogen and oxygen atoms in total. The van der Waals surface area contributed by atoms with E-state index in [0.717, 1.165) is 38.9 Å². The molecule has 0 N–H and O–H groups in total. The van der Waals surface area contributed by atoms with Gasteiger partial charge in [-0.2, -0.15) is 0 Å². The fourth-order valence-corrected chi connectivity index (χ4v) is 4.05. The van der Waals surface area contributed by atoms with Gasteiger partial charge in [0.25, 0.3) is 0 Å². The SMILES string of the molecule is CN(C)C[C@@H]1CN(CC(=O)N(C)[C@H]2CCCc3ccccc32)CCO1. The Labute approximate surface area is 151 Å². The van der Waals surface area contributed by atoms with Crippen molar-refractivity contribution in [2.75, 3.05) is 53.9 Å². The Bertz CT molecular complexity index is 590. The lowest BCUT2D eigenvalue weighted by atomic mass is 9.87. The summed E-state index contributed by atoms with van der Waals surface area (Å²) < 4.78 is 5.82. The van der Waals surface area contributed by atoms with Gasteiger partial charge >= 0.3 is 0 Å². The van der Waals surface area contributed by atoms with Crippen molar-refractivity contribution in [1.82, 2.24) is 14.7 Å². The van der Waals surface area contributed by atoms with Crippen LogP contribution in [-0.4, -0.2) is 80.6 Å². The fourth-order valence-electron chi connectivity index (χ4n) is 4.05. The van der Waals surface area contributed by atoms with Crippen molar-refractivity contribution < 1.29 is 9.53 Å². The van der Waals surface area contributed by atoms with Gasteiger partial charge in [-0.05, 0) is 44.5 Å². The molecule has 1 amide bonds. The standard InChI is InChI=1S/C20H31N3O2/c1-21(2)13-17-14-23(11-12-25-17)15-20(24)22(3)19-10-6-8-16-7-4-5-9-18(16)19/h4-5,7,9,17,19H,6,8,10-15H2,1-3H3/t17-,19+/m1/s1. The molecule has 3 rings (SSSR count). The highest BCUT2D eigenvalue weighted by Crippen LogP contribution is 2.33. The minimum atomic E-state index is 0.192. The Hall–Kier alpha value is -1.43. The van der Waals surface area contributed by atoms with Gasteiger partial charge in [-0.3, -0.25) is 9.69 Å². The molecule has 5 heteroatoms. The van der Waals surface area contributed by atoms with Crippen LogP contribution in [-0.2, 0) is 16.0 Å². The number of hydrogen-bond acceptors (Lipinski definition) is 4. The third-order valence-electron chi connectivity index (χ3n) is 5.35. The van der Waals surface area contributed by atoms with Gasteiger partial charge in [0, 0.05) is 26.7 Å². The van der Waals surface area contributed by atoms with Crippen LogP contribution in [0.3, 0.4) is 0 Å². The summed E-state index contributed by atoms with van der Waals surface area (Å²) in [5, 5.41) is 0. The molecule has 138 valence electrons. The predicted molar refractivity (Wildman–Crippen MR) is 99.6 cm³/mol. The number of rotatable bonds is 5. The first kappa shape index (κ1) is 18.4. The van der Waals surface area contributed by atoms with Crippen LogP contribution in [0.25, 0.3) is 0 Å². The third-order valence-corrected chi connectivity index (χ3v) is 5.35. The van der Waals surface area contributed by atoms with Crippen LogP contribution < -0.4 is 0 Å². The first-order chi connectivity index (χ1) is 12.0. The molecule has 0 radical (unpaired) electrons. The van der Waals surface area contributed by atoms with Gasteiger partial charge in [0.1, 0.15) is 0 Å². The number of hydrogen-bond donors (Lipinski definition) is 0. The Morgan fingerprint density at radius 1 is 1.28 bits per heavy atom. The average molecular weight is 345 g/mol. The Balaban J connectivity index is 1.60. The summed E-state index contributed by atoms with van der Waals surface area (Å²) in [5.74, 6) is 0.215. The molecular weight excluding hydrogens is 314 g/mol. The van der Waals surface area contributed by atoms with Crippen molar-refractivity contribution in [2.24, 2.45) is 0 Å². The van der Waals surface area contributed by atoms with Gasteiger partial charge in [0.15, 0.2) is 0 Å². The Morgan fingerprint density at radius 2 is 2.08 bits per heavy atom. The van der Waals surface area contributed by atoms with Crippen LogP contribution >= 0.6 is 0 Å². The van der Waals surface area contributed by atoms with Gasteiger partial charge in [0.05, 0.1) is 25.3 Å². The molecule has 1 aromatic carbocycles. The summed E-state index contributed by atoms with van der Waals surface area (Å²) in [6, 6.07) is 8.79. The molecule has 1 aromatic rings. The number of morpholine rings is 1. The molecule has 1 fully saturated rings. The van der Waals surface area contributed by atoms with Crippen LogP contribution in [0.2, 0.25) is 0 Å². The second-order valence-electron chi connectivity index (χ2n) is 7.60. The minimum Gasteiger partial charge on any atom is -0.374 e. The summed E-state index contributed by atoms with van der Waals surface area (Å²) in [4.78, 5) is 19.2. The maximum Gasteiger partial charge on any atom is 0.237 e. The first-order valence-electron chi connectivity index (χ1n) is 9.36. The highest BCUT2D eigenvalue weighted by Gasteiger charge is 2.29. The second-order valence-corrected chi connectivity index (χ2v) is 7.60. The summed E-state index contributed by atoms with van der Waals surface area (Å²) >= 11 is 0. The van der Waals surface area contributed by atoms with E-state index in [1.165, 1.54) is 11.1 Å². The van der Waals surface area contributed by atoms with E-state index in [9.17, 15) is 4.79 Å². The van der Waals surface area contributed by atoms with E-state index in [1.54, 1.807) is 0 Å². The van der Waals surface area contributed by atoms with Gasteiger partial charge in [-0.1, -0.05) is 24.3 Å². The van der Waals surface area contributed by atoms with Crippen LogP contribution in [0.5, 0.6) is 0 Å². The van der Waals surface area contributed by atoms with E-state index in [2.05, 4.69) is 48.2 Å². The van der Waals surface area contributed by atoms with Gasteiger partial charge < -0.3 is 14.5 Å². The molecule has 1 saturated heterocycles. The maximum absolute atomic E-state index is 12.9. The van der Waals surface area contributed by atoms with Crippen LogP contribution in [0, 0.1) is 0 Å². The van der Waals surface area contributed by atoms with Crippen molar-refractivity contribution in [2.45, 2.75) is 31.4 Å². The van der Waals surface area contributed by atoms with E-state index < -0.39 is 0 Å². The number of aryl methyl sites for hydroxylation is 1. The number of nitrogens with zero attached hydrogens (tertiary/aromatic N) is 3. The molecule has 2 atom stereocenters. The van der Waals surface area contributed by atoms with E-state index in [0.29, 0.717) is 13.2 Å². The zero-order valence-electron chi connectivity index (χ0n) is 15.8. The van der Waals surface area contributed by atoms with E-state index in [4.69, 9.17) is 4.74 Å². The number of carbonyl (C=O) groups excluding carboxylic acids is 1. The van der Waals surface area contributed by atoms with Crippen LogP contribution in [0.1, 0.15) is 30.0 Å². The van der Waals surface area contributed by atoms with Crippen molar-refractivity contribution in [3.05, 3.63) is 35.4 Å². The number of carbonyl (C=O) groups is 1. The maximum atomic E-state index is 12.9. The lowest BCUT2D eigenvalue weighted by Gasteiger charge is -2.37. The molecule has 1 heterocycles. The predicted octanol–water partition coefficient (Wildman–Crippen LogP) is 1.78. The van der Waals surface area contributed by atoms with Crippen molar-refractivity contribution >= 4 is 5.91 Å². The summed E-state index contributed by atoms with van der Waals surface area (Å²) in [7, 11) is 6.08. The minimum absolute atomic E-state index is 0.192. The van der Waals surface area contributed by atoms with Crippen LogP contribution in [0.4, 0.5) is 0 Å². The number of ether oxygens (including phenoxy) is 1. The lowest BCUT2D eigenvalue weighted by molar-refractivity contribution is -0.135. The largest absolute Gasteiger partial charge is 0.374 e. The normalized spacial score (nSPS) is 24.2. The molecule has 0 unspecified atom stereocenters. The van der Waals surface area contributed by atoms with Crippen molar-refractivity contribution in [3.63, 3.8) is 0 Å². The molecule has 1 aliphatic heterocycles. The van der Waals surface area contributed by atoms with Crippen LogP contribution in [0.15, 0.2) is 24.3 Å². The number of likely N-dealkylation sites (N-methyl/N-ethyl adjacent to an activating group) is 2. The molecule has 0 saturated carbocycles. The average Bonchev–Trinajstić information content (AvgIpc) is 2.60. The monoisotopic (exact) mass is 345 g/mol. The topological polar surface area (TPSA) is 36.0 Å². The summed E-state index contributed by atoms with van der Waals surface area (Å²) in [6.45, 7) is 3.77. The molecule has 25 heavy (non-hydrogen) atoms.